The van der Waals surface area contributed by atoms with Crippen LogP contribution in [-0.2, 0) is 17.9 Å². The topological polar surface area (TPSA) is 59.6 Å². The number of ether oxygens (including phenoxy) is 2. The van der Waals surface area contributed by atoms with E-state index in [2.05, 4.69) is 38.7 Å². The van der Waals surface area contributed by atoms with Crippen LogP contribution in [0, 0.1) is 0 Å². The van der Waals surface area contributed by atoms with Gasteiger partial charge in [-0.15, -0.1) is 0 Å². The Morgan fingerprint density at radius 3 is 2.36 bits per heavy atom. The second-order valence-corrected chi connectivity index (χ2v) is 8.37. The molecular weight excluding hydrogens is 420 g/mol. The molecule has 0 spiro atoms. The number of benzene rings is 2. The van der Waals surface area contributed by atoms with Crippen molar-refractivity contribution in [1.29, 1.82) is 0 Å². The van der Waals surface area contributed by atoms with E-state index in [0.29, 0.717) is 24.7 Å². The molecule has 6 heteroatoms. The lowest BCUT2D eigenvalue weighted by Crippen LogP contribution is -2.43. The third-order valence-electron chi connectivity index (χ3n) is 3.73. The molecule has 0 saturated carbocycles. The maximum atomic E-state index is 12.1. The molecule has 0 atom stereocenters. The average molecular weight is 449 g/mol. The molecule has 28 heavy (non-hydrogen) atoms. The molecule has 2 aromatic carbocycles. The van der Waals surface area contributed by atoms with Gasteiger partial charge in [0.1, 0.15) is 0 Å². The first kappa shape index (κ1) is 22.2. The summed E-state index contributed by atoms with van der Waals surface area (Å²) in [5.41, 5.74) is 2.00. The van der Waals surface area contributed by atoms with E-state index in [9.17, 15) is 4.79 Å². The molecule has 2 N–H and O–H groups in total. The Hall–Kier alpha value is -2.05. The predicted molar refractivity (Wildman–Crippen MR) is 116 cm³/mol. The van der Waals surface area contributed by atoms with Crippen molar-refractivity contribution >= 4 is 21.8 Å². The van der Waals surface area contributed by atoms with Crippen molar-refractivity contribution in [3.63, 3.8) is 0 Å². The number of carbonyl (C=O) groups is 1. The van der Waals surface area contributed by atoms with Crippen molar-refractivity contribution in [1.82, 2.24) is 10.6 Å². The van der Waals surface area contributed by atoms with E-state index in [1.54, 1.807) is 0 Å². The Balaban J connectivity index is 2.02. The van der Waals surface area contributed by atoms with Crippen molar-refractivity contribution in [3.8, 4) is 11.5 Å². The zero-order chi connectivity index (χ0) is 20.6. The molecule has 0 aliphatic carbocycles. The molecule has 152 valence electrons. The van der Waals surface area contributed by atoms with Gasteiger partial charge in [-0.05, 0) is 66.9 Å². The Morgan fingerprint density at radius 2 is 1.71 bits per heavy atom. The van der Waals surface area contributed by atoms with E-state index in [0.717, 1.165) is 16.6 Å². The maximum Gasteiger partial charge on any atom is 0.258 e. The minimum absolute atomic E-state index is 0.0679. The van der Waals surface area contributed by atoms with Gasteiger partial charge in [-0.3, -0.25) is 4.79 Å². The van der Waals surface area contributed by atoms with E-state index >= 15 is 0 Å². The van der Waals surface area contributed by atoms with Gasteiger partial charge in [0, 0.05) is 18.6 Å². The van der Waals surface area contributed by atoms with Gasteiger partial charge in [-0.25, -0.2) is 0 Å². The van der Waals surface area contributed by atoms with Gasteiger partial charge in [-0.2, -0.15) is 0 Å². The third kappa shape index (κ3) is 7.52. The summed E-state index contributed by atoms with van der Waals surface area (Å²) in [6.45, 7) is 9.65. The fraction of sp³-hybridized carbons (Fsp3) is 0.409. The molecule has 0 aliphatic rings. The molecule has 1 amide bonds. The highest BCUT2D eigenvalue weighted by molar-refractivity contribution is 9.10. The lowest BCUT2D eigenvalue weighted by atomic mass is 10.1. The summed E-state index contributed by atoms with van der Waals surface area (Å²) in [4.78, 5) is 12.1. The van der Waals surface area contributed by atoms with Crippen LogP contribution in [0.5, 0.6) is 11.5 Å². The second-order valence-electron chi connectivity index (χ2n) is 7.51. The van der Waals surface area contributed by atoms with Crippen molar-refractivity contribution in [2.75, 3.05) is 13.2 Å². The van der Waals surface area contributed by atoms with Crippen LogP contribution in [0.15, 0.2) is 46.9 Å². The van der Waals surface area contributed by atoms with Crippen LogP contribution < -0.4 is 20.1 Å². The van der Waals surface area contributed by atoms with Crippen molar-refractivity contribution in [2.45, 2.75) is 46.3 Å². The standard InChI is InChI=1S/C22H29BrN2O3/c1-5-27-19-12-17(14-24-13-16-9-7-6-8-10-16)11-18(23)21(19)28-15-20(26)25-22(2,3)4/h6-12,24H,5,13-15H2,1-4H3,(H,25,26). The lowest BCUT2D eigenvalue weighted by Gasteiger charge is -2.21. The fourth-order valence-electron chi connectivity index (χ4n) is 2.67. The first-order chi connectivity index (χ1) is 13.3. The van der Waals surface area contributed by atoms with E-state index in [1.165, 1.54) is 5.56 Å². The largest absolute Gasteiger partial charge is 0.490 e. The van der Waals surface area contributed by atoms with Crippen LogP contribution >= 0.6 is 15.9 Å². The number of carbonyl (C=O) groups excluding carboxylic acids is 1. The Bertz CT molecular complexity index is 773. The lowest BCUT2D eigenvalue weighted by molar-refractivity contribution is -0.124. The molecule has 0 saturated heterocycles. The van der Waals surface area contributed by atoms with Gasteiger partial charge < -0.3 is 20.1 Å². The van der Waals surface area contributed by atoms with Crippen molar-refractivity contribution in [3.05, 3.63) is 58.1 Å². The number of halogens is 1. The van der Waals surface area contributed by atoms with Gasteiger partial charge in [0.2, 0.25) is 0 Å². The van der Waals surface area contributed by atoms with Crippen LogP contribution in [0.2, 0.25) is 0 Å². The molecule has 0 bridgehead atoms. The van der Waals surface area contributed by atoms with Crippen molar-refractivity contribution < 1.29 is 14.3 Å². The summed E-state index contributed by atoms with van der Waals surface area (Å²) in [6, 6.07) is 14.2. The number of rotatable bonds is 9. The van der Waals surface area contributed by atoms with E-state index in [4.69, 9.17) is 9.47 Å². The second kappa shape index (κ2) is 10.5. The quantitative estimate of drug-likeness (QED) is 0.595. The van der Waals surface area contributed by atoms with Crippen LogP contribution in [0.25, 0.3) is 0 Å². The highest BCUT2D eigenvalue weighted by atomic mass is 79.9. The Kier molecular flexibility index (Phi) is 8.33. The van der Waals surface area contributed by atoms with Crippen molar-refractivity contribution in [2.24, 2.45) is 0 Å². The number of hydrogen-bond acceptors (Lipinski definition) is 4. The minimum atomic E-state index is -0.297. The highest BCUT2D eigenvalue weighted by Crippen LogP contribution is 2.37. The normalized spacial score (nSPS) is 11.2. The zero-order valence-corrected chi connectivity index (χ0v) is 18.6. The minimum Gasteiger partial charge on any atom is -0.490 e. The summed E-state index contributed by atoms with van der Waals surface area (Å²) in [5.74, 6) is 0.991. The van der Waals surface area contributed by atoms with Crippen LogP contribution in [0.4, 0.5) is 0 Å². The first-order valence-electron chi connectivity index (χ1n) is 9.42. The molecule has 0 unspecified atom stereocenters. The molecule has 0 aliphatic heterocycles. The molecule has 0 radical (unpaired) electrons. The average Bonchev–Trinajstić information content (AvgIpc) is 2.61. The van der Waals surface area contributed by atoms with E-state index in [1.807, 2.05) is 58.0 Å². The molecule has 0 fully saturated rings. The first-order valence-corrected chi connectivity index (χ1v) is 10.2. The molecule has 2 rings (SSSR count). The Labute approximate surface area is 175 Å². The molecule has 2 aromatic rings. The number of amides is 1. The fourth-order valence-corrected chi connectivity index (χ4v) is 3.27. The number of hydrogen-bond donors (Lipinski definition) is 2. The van der Waals surface area contributed by atoms with Gasteiger partial charge in [0.15, 0.2) is 18.1 Å². The summed E-state index contributed by atoms with van der Waals surface area (Å²) in [6.07, 6.45) is 0. The summed E-state index contributed by atoms with van der Waals surface area (Å²) < 4.78 is 12.3. The molecule has 5 nitrogen and oxygen atoms in total. The van der Waals surface area contributed by atoms with E-state index in [-0.39, 0.29) is 18.1 Å². The Morgan fingerprint density at radius 1 is 1.04 bits per heavy atom. The summed E-state index contributed by atoms with van der Waals surface area (Å²) >= 11 is 3.55. The van der Waals surface area contributed by atoms with Gasteiger partial charge in [0.25, 0.3) is 5.91 Å². The van der Waals surface area contributed by atoms with Crippen LogP contribution in [0.1, 0.15) is 38.8 Å². The van der Waals surface area contributed by atoms with Gasteiger partial charge in [0.05, 0.1) is 11.1 Å². The third-order valence-corrected chi connectivity index (χ3v) is 4.32. The summed E-state index contributed by atoms with van der Waals surface area (Å²) in [7, 11) is 0. The van der Waals surface area contributed by atoms with Crippen LogP contribution in [0.3, 0.4) is 0 Å². The van der Waals surface area contributed by atoms with E-state index < -0.39 is 0 Å². The summed E-state index contributed by atoms with van der Waals surface area (Å²) in [5, 5.41) is 6.31. The monoisotopic (exact) mass is 448 g/mol. The number of nitrogens with one attached hydrogen (secondary N) is 2. The van der Waals surface area contributed by atoms with Gasteiger partial charge >= 0.3 is 0 Å². The highest BCUT2D eigenvalue weighted by Gasteiger charge is 2.17. The van der Waals surface area contributed by atoms with Crippen LogP contribution in [-0.4, -0.2) is 24.7 Å². The molecule has 0 heterocycles. The predicted octanol–water partition coefficient (Wildman–Crippen LogP) is 4.43. The maximum absolute atomic E-state index is 12.1. The molecule has 0 aromatic heterocycles. The SMILES string of the molecule is CCOc1cc(CNCc2ccccc2)cc(Br)c1OCC(=O)NC(C)(C)C. The zero-order valence-electron chi connectivity index (χ0n) is 17.0. The smallest absolute Gasteiger partial charge is 0.258 e. The van der Waals surface area contributed by atoms with Gasteiger partial charge in [-0.1, -0.05) is 30.3 Å². The molecular formula is C22H29BrN2O3.